The summed E-state index contributed by atoms with van der Waals surface area (Å²) in [6, 6.07) is 5.88. The van der Waals surface area contributed by atoms with E-state index in [0.717, 1.165) is 40.7 Å². The molecule has 0 nitrogen and oxygen atoms in total. The van der Waals surface area contributed by atoms with Crippen LogP contribution in [0.4, 0.5) is 4.39 Å². The lowest BCUT2D eigenvalue weighted by Gasteiger charge is -2.45. The lowest BCUT2D eigenvalue weighted by molar-refractivity contribution is 0.0709. The van der Waals surface area contributed by atoms with E-state index in [4.69, 9.17) is 0 Å². The molecule has 1 heteroatoms. The van der Waals surface area contributed by atoms with Crippen molar-refractivity contribution < 1.29 is 4.39 Å². The predicted molar refractivity (Wildman–Crippen MR) is 117 cm³/mol. The first-order valence-corrected chi connectivity index (χ1v) is 12.0. The smallest absolute Gasteiger partial charge is 0.126 e. The van der Waals surface area contributed by atoms with Gasteiger partial charge in [-0.3, -0.25) is 0 Å². The van der Waals surface area contributed by atoms with Gasteiger partial charge in [0.15, 0.2) is 0 Å². The van der Waals surface area contributed by atoms with Crippen LogP contribution in [0, 0.1) is 42.3 Å². The summed E-state index contributed by atoms with van der Waals surface area (Å²) in [5.74, 6) is 5.19. The summed E-state index contributed by atoms with van der Waals surface area (Å²) in [6.45, 7) is 5.87. The fraction of sp³-hybridized carbons (Fsp3) is 0.704. The third-order valence-electron chi connectivity index (χ3n) is 8.59. The number of rotatable bonds is 5. The summed E-state index contributed by atoms with van der Waals surface area (Å²) >= 11 is 0. The third kappa shape index (κ3) is 4.55. The van der Waals surface area contributed by atoms with Crippen LogP contribution in [0.3, 0.4) is 0 Å². The Morgan fingerprint density at radius 2 is 1.54 bits per heavy atom. The molecule has 3 aliphatic rings. The first kappa shape index (κ1) is 20.2. The number of aryl methyl sites for hydroxylation is 1. The minimum Gasteiger partial charge on any atom is -0.207 e. The quantitative estimate of drug-likeness (QED) is 0.450. The van der Waals surface area contributed by atoms with E-state index in [1.807, 2.05) is 6.92 Å². The van der Waals surface area contributed by atoms with E-state index in [2.05, 4.69) is 24.8 Å². The van der Waals surface area contributed by atoms with Gasteiger partial charge in [0.25, 0.3) is 0 Å². The van der Waals surface area contributed by atoms with E-state index in [0.29, 0.717) is 5.92 Å². The van der Waals surface area contributed by atoms with Crippen molar-refractivity contribution in [2.24, 2.45) is 29.6 Å². The van der Waals surface area contributed by atoms with E-state index in [-0.39, 0.29) is 5.82 Å². The van der Waals surface area contributed by atoms with Crippen molar-refractivity contribution in [3.05, 3.63) is 47.8 Å². The average Bonchev–Trinajstić information content (AvgIpc) is 2.72. The molecule has 3 fully saturated rings. The first-order valence-electron chi connectivity index (χ1n) is 12.0. The van der Waals surface area contributed by atoms with Gasteiger partial charge >= 0.3 is 0 Å². The van der Waals surface area contributed by atoms with Crippen LogP contribution < -0.4 is 0 Å². The van der Waals surface area contributed by atoms with Gasteiger partial charge in [-0.25, -0.2) is 4.39 Å². The normalized spacial score (nSPS) is 35.9. The van der Waals surface area contributed by atoms with Gasteiger partial charge in [-0.2, -0.15) is 0 Å². The third-order valence-corrected chi connectivity index (χ3v) is 8.59. The molecule has 1 aromatic rings. The average molecular weight is 383 g/mol. The second-order valence-corrected chi connectivity index (χ2v) is 10.3. The monoisotopic (exact) mass is 382 g/mol. The highest BCUT2D eigenvalue weighted by molar-refractivity contribution is 5.27. The Bertz CT molecular complexity index is 654. The van der Waals surface area contributed by atoms with Crippen molar-refractivity contribution in [2.45, 2.75) is 89.9 Å². The van der Waals surface area contributed by atoms with E-state index in [1.165, 1.54) is 77.0 Å². The molecule has 154 valence electrons. The maximum atomic E-state index is 14.5. The number of halogens is 1. The SMILES string of the molecule is C=CCCC1CCC(C2CCC3CC(c4ccc(C)cc4F)CCC3C2)CC1. The van der Waals surface area contributed by atoms with E-state index < -0.39 is 0 Å². The van der Waals surface area contributed by atoms with Gasteiger partial charge < -0.3 is 0 Å². The van der Waals surface area contributed by atoms with E-state index in [9.17, 15) is 4.39 Å². The zero-order valence-electron chi connectivity index (χ0n) is 17.8. The molecule has 1 aromatic carbocycles. The van der Waals surface area contributed by atoms with Crippen LogP contribution in [0.5, 0.6) is 0 Å². The summed E-state index contributed by atoms with van der Waals surface area (Å²) in [5.41, 5.74) is 2.03. The molecule has 28 heavy (non-hydrogen) atoms. The molecular weight excluding hydrogens is 343 g/mol. The van der Waals surface area contributed by atoms with Crippen LogP contribution in [0.1, 0.15) is 94.1 Å². The maximum Gasteiger partial charge on any atom is 0.126 e. The van der Waals surface area contributed by atoms with Crippen molar-refractivity contribution in [2.75, 3.05) is 0 Å². The fourth-order valence-electron chi connectivity index (χ4n) is 6.90. The lowest BCUT2D eigenvalue weighted by Crippen LogP contribution is -2.34. The Kier molecular flexibility index (Phi) is 6.59. The molecule has 4 rings (SSSR count). The van der Waals surface area contributed by atoms with Crippen molar-refractivity contribution in [1.82, 2.24) is 0 Å². The molecule has 3 saturated carbocycles. The molecular formula is C27H39F. The summed E-state index contributed by atoms with van der Waals surface area (Å²) in [5, 5.41) is 0. The Labute approximate surface area is 172 Å². The van der Waals surface area contributed by atoms with Gasteiger partial charge in [-0.1, -0.05) is 31.1 Å². The summed E-state index contributed by atoms with van der Waals surface area (Å²) in [4.78, 5) is 0. The van der Waals surface area contributed by atoms with Crippen LogP contribution in [-0.4, -0.2) is 0 Å². The van der Waals surface area contributed by atoms with Crippen LogP contribution in [-0.2, 0) is 0 Å². The predicted octanol–water partition coefficient (Wildman–Crippen LogP) is 8.21. The zero-order chi connectivity index (χ0) is 19.5. The minimum atomic E-state index is 0.0327. The fourth-order valence-corrected chi connectivity index (χ4v) is 6.90. The van der Waals surface area contributed by atoms with E-state index >= 15 is 0 Å². The molecule has 0 radical (unpaired) electrons. The highest BCUT2D eigenvalue weighted by atomic mass is 19.1. The molecule has 0 spiro atoms. The molecule has 0 N–H and O–H groups in total. The topological polar surface area (TPSA) is 0 Å². The van der Waals surface area contributed by atoms with Gasteiger partial charge in [-0.05, 0) is 124 Å². The van der Waals surface area contributed by atoms with E-state index in [1.54, 1.807) is 6.07 Å². The van der Waals surface area contributed by atoms with Crippen molar-refractivity contribution in [1.29, 1.82) is 0 Å². The molecule has 0 aliphatic heterocycles. The van der Waals surface area contributed by atoms with Crippen LogP contribution in [0.25, 0.3) is 0 Å². The summed E-state index contributed by atoms with van der Waals surface area (Å²) in [6.07, 6.45) is 18.6. The Hall–Kier alpha value is -1.11. The second-order valence-electron chi connectivity index (χ2n) is 10.3. The standard InChI is InChI=1S/C27H39F/c1-3-4-5-20-7-9-21(10-8-20)22-11-12-24-18-25(14-13-23(24)17-22)26-15-6-19(2)16-27(26)28/h3,6,15-16,20-25H,1,4-5,7-14,17-18H2,2H3. The molecule has 0 aromatic heterocycles. The summed E-state index contributed by atoms with van der Waals surface area (Å²) in [7, 11) is 0. The minimum absolute atomic E-state index is 0.0327. The molecule has 4 unspecified atom stereocenters. The molecule has 0 bridgehead atoms. The molecule has 0 saturated heterocycles. The second kappa shape index (κ2) is 9.14. The number of benzene rings is 1. The van der Waals surface area contributed by atoms with Crippen molar-refractivity contribution in [3.63, 3.8) is 0 Å². The van der Waals surface area contributed by atoms with Gasteiger partial charge in [0, 0.05) is 0 Å². The molecule has 4 atom stereocenters. The zero-order valence-corrected chi connectivity index (χ0v) is 17.8. The largest absolute Gasteiger partial charge is 0.207 e. The highest BCUT2D eigenvalue weighted by Crippen LogP contribution is 2.51. The van der Waals surface area contributed by atoms with Crippen LogP contribution >= 0.6 is 0 Å². The first-order chi connectivity index (χ1) is 13.6. The van der Waals surface area contributed by atoms with Gasteiger partial charge in [-0.15, -0.1) is 6.58 Å². The molecule has 3 aliphatic carbocycles. The number of fused-ring (bicyclic) bond motifs is 1. The Morgan fingerprint density at radius 3 is 2.25 bits per heavy atom. The maximum absolute atomic E-state index is 14.5. The Balaban J connectivity index is 1.29. The van der Waals surface area contributed by atoms with Gasteiger partial charge in [0.05, 0.1) is 0 Å². The van der Waals surface area contributed by atoms with Crippen molar-refractivity contribution >= 4 is 0 Å². The number of hydrogen-bond acceptors (Lipinski definition) is 0. The van der Waals surface area contributed by atoms with Gasteiger partial charge in [0.2, 0.25) is 0 Å². The summed E-state index contributed by atoms with van der Waals surface area (Å²) < 4.78 is 14.5. The molecule has 0 amide bonds. The number of hydrogen-bond donors (Lipinski definition) is 0. The lowest BCUT2D eigenvalue weighted by atomic mass is 9.60. The van der Waals surface area contributed by atoms with Crippen molar-refractivity contribution in [3.8, 4) is 0 Å². The van der Waals surface area contributed by atoms with Crippen LogP contribution in [0.2, 0.25) is 0 Å². The highest BCUT2D eigenvalue weighted by Gasteiger charge is 2.39. The number of allylic oxidation sites excluding steroid dienone is 1. The van der Waals surface area contributed by atoms with Gasteiger partial charge in [0.1, 0.15) is 5.82 Å². The molecule has 0 heterocycles. The van der Waals surface area contributed by atoms with Crippen LogP contribution in [0.15, 0.2) is 30.9 Å². The Morgan fingerprint density at radius 1 is 0.893 bits per heavy atom.